The van der Waals surface area contributed by atoms with Crippen LogP contribution in [0.5, 0.6) is 5.75 Å². The van der Waals surface area contributed by atoms with Crippen molar-refractivity contribution in [3.05, 3.63) is 72.4 Å². The van der Waals surface area contributed by atoms with Gasteiger partial charge in [-0.15, -0.1) is 0 Å². The van der Waals surface area contributed by atoms with Crippen molar-refractivity contribution in [3.8, 4) is 22.9 Å². The Bertz CT molecular complexity index is 1340. The first-order valence-corrected chi connectivity index (χ1v) is 10.9. The number of nitrogens with zero attached hydrogens (tertiary/aromatic N) is 5. The number of piperazine rings is 1. The first-order chi connectivity index (χ1) is 16.1. The maximum atomic E-state index is 9.75. The van der Waals surface area contributed by atoms with Gasteiger partial charge in [-0.25, -0.2) is 9.97 Å². The van der Waals surface area contributed by atoms with Crippen molar-refractivity contribution in [2.75, 3.05) is 43.4 Å². The van der Waals surface area contributed by atoms with E-state index in [1.165, 1.54) is 0 Å². The minimum atomic E-state index is 0.226. The quantitative estimate of drug-likeness (QED) is 0.491. The predicted octanol–water partition coefficient (Wildman–Crippen LogP) is 4.37. The Hall–Kier alpha value is -4.15. The van der Waals surface area contributed by atoms with Gasteiger partial charge in [0, 0.05) is 49.0 Å². The number of nitriles is 1. The van der Waals surface area contributed by atoms with Crippen LogP contribution in [-0.2, 0) is 0 Å². The molecule has 3 aromatic carbocycles. The van der Waals surface area contributed by atoms with Gasteiger partial charge >= 0.3 is 0 Å². The van der Waals surface area contributed by atoms with Crippen LogP contribution in [0.1, 0.15) is 5.56 Å². The Balaban J connectivity index is 1.45. The lowest BCUT2D eigenvalue weighted by molar-refractivity contribution is 0.313. The molecule has 1 aliphatic rings. The van der Waals surface area contributed by atoms with E-state index in [0.29, 0.717) is 11.5 Å². The zero-order valence-corrected chi connectivity index (χ0v) is 18.4. The normalized spacial score (nSPS) is 14.2. The van der Waals surface area contributed by atoms with Gasteiger partial charge in [0.25, 0.3) is 0 Å². The van der Waals surface area contributed by atoms with E-state index in [0.717, 1.165) is 59.6 Å². The third-order valence-electron chi connectivity index (χ3n) is 6.01. The number of phenols is 1. The highest BCUT2D eigenvalue weighted by atomic mass is 16.3. The van der Waals surface area contributed by atoms with Crippen LogP contribution in [0.4, 0.5) is 17.3 Å². The lowest BCUT2D eigenvalue weighted by Crippen LogP contribution is -2.44. The third-order valence-corrected chi connectivity index (χ3v) is 6.01. The number of para-hydroxylation sites is 1. The molecule has 7 nitrogen and oxygen atoms in total. The molecule has 164 valence electrons. The van der Waals surface area contributed by atoms with Gasteiger partial charge in [-0.3, -0.25) is 0 Å². The summed E-state index contributed by atoms with van der Waals surface area (Å²) < 4.78 is 0. The molecule has 33 heavy (non-hydrogen) atoms. The van der Waals surface area contributed by atoms with Gasteiger partial charge in [0.2, 0.25) is 5.95 Å². The van der Waals surface area contributed by atoms with Crippen LogP contribution in [0.25, 0.3) is 22.0 Å². The molecule has 0 unspecified atom stereocenters. The van der Waals surface area contributed by atoms with Crippen LogP contribution >= 0.6 is 0 Å². The largest absolute Gasteiger partial charge is 0.508 e. The van der Waals surface area contributed by atoms with Crippen LogP contribution in [0.3, 0.4) is 0 Å². The first kappa shape index (κ1) is 20.7. The van der Waals surface area contributed by atoms with E-state index in [2.05, 4.69) is 33.2 Å². The molecule has 0 bridgehead atoms. The Morgan fingerprint density at radius 1 is 1.00 bits per heavy atom. The summed E-state index contributed by atoms with van der Waals surface area (Å²) in [6.07, 6.45) is 1.79. The van der Waals surface area contributed by atoms with E-state index in [4.69, 9.17) is 4.98 Å². The predicted molar refractivity (Wildman–Crippen MR) is 131 cm³/mol. The topological polar surface area (TPSA) is 88.3 Å². The van der Waals surface area contributed by atoms with Gasteiger partial charge in [-0.1, -0.05) is 30.3 Å². The average Bonchev–Trinajstić information content (AvgIpc) is 2.85. The molecule has 1 aromatic heterocycles. The fourth-order valence-electron chi connectivity index (χ4n) is 4.15. The number of phenolic OH excluding ortho intramolecular Hbond substituents is 1. The molecule has 2 heterocycles. The second-order valence-electron chi connectivity index (χ2n) is 8.24. The number of anilines is 3. The van der Waals surface area contributed by atoms with E-state index in [1.807, 2.05) is 48.5 Å². The summed E-state index contributed by atoms with van der Waals surface area (Å²) in [7, 11) is 2.12. The zero-order valence-electron chi connectivity index (χ0n) is 18.4. The molecular weight excluding hydrogens is 412 g/mol. The molecule has 2 N–H and O–H groups in total. The fourth-order valence-corrected chi connectivity index (χ4v) is 4.15. The van der Waals surface area contributed by atoms with Crippen molar-refractivity contribution in [3.63, 3.8) is 0 Å². The molecular formula is C26H24N6O. The molecule has 5 rings (SSSR count). The summed E-state index contributed by atoms with van der Waals surface area (Å²) >= 11 is 0. The number of nitrogens with one attached hydrogen (secondary N) is 1. The van der Waals surface area contributed by atoms with E-state index in [-0.39, 0.29) is 5.75 Å². The summed E-state index contributed by atoms with van der Waals surface area (Å²) in [6.45, 7) is 3.79. The van der Waals surface area contributed by atoms with E-state index in [9.17, 15) is 10.4 Å². The van der Waals surface area contributed by atoms with Crippen molar-refractivity contribution in [1.82, 2.24) is 14.9 Å². The molecule has 0 atom stereocenters. The molecule has 7 heteroatoms. The summed E-state index contributed by atoms with van der Waals surface area (Å²) in [4.78, 5) is 13.8. The third kappa shape index (κ3) is 4.29. The minimum Gasteiger partial charge on any atom is -0.508 e. The van der Waals surface area contributed by atoms with E-state index < -0.39 is 0 Å². The van der Waals surface area contributed by atoms with Gasteiger partial charge in [0.15, 0.2) is 0 Å². The van der Waals surface area contributed by atoms with Crippen molar-refractivity contribution in [1.29, 1.82) is 5.26 Å². The number of likely N-dealkylation sites (N-methyl/N-ethyl adjacent to an activating group) is 1. The Labute approximate surface area is 192 Å². The monoisotopic (exact) mass is 436 g/mol. The van der Waals surface area contributed by atoms with Crippen molar-refractivity contribution < 1.29 is 5.11 Å². The number of rotatable bonds is 4. The fraction of sp³-hybridized carbons (Fsp3) is 0.192. The van der Waals surface area contributed by atoms with Crippen LogP contribution in [0, 0.1) is 11.3 Å². The van der Waals surface area contributed by atoms with Gasteiger partial charge in [0.1, 0.15) is 11.8 Å². The number of aromatic hydroxyl groups is 1. The van der Waals surface area contributed by atoms with Crippen LogP contribution < -0.4 is 10.2 Å². The molecule has 0 radical (unpaired) electrons. The van der Waals surface area contributed by atoms with Crippen LogP contribution in [0.15, 0.2) is 66.9 Å². The molecule has 0 aliphatic carbocycles. The molecule has 1 saturated heterocycles. The first-order valence-electron chi connectivity index (χ1n) is 10.9. The Morgan fingerprint density at radius 3 is 2.55 bits per heavy atom. The van der Waals surface area contributed by atoms with Crippen molar-refractivity contribution in [2.45, 2.75) is 0 Å². The summed E-state index contributed by atoms with van der Waals surface area (Å²) in [6, 6.07) is 21.2. The number of hydrogen-bond acceptors (Lipinski definition) is 7. The SMILES string of the molecule is CN1CCN(c2ccc(Nc3ncc4cccc(-c5ccc(O)cc5)c4n3)cc2C#N)CC1. The van der Waals surface area contributed by atoms with Crippen LogP contribution in [-0.4, -0.2) is 53.2 Å². The number of hydrogen-bond donors (Lipinski definition) is 2. The Morgan fingerprint density at radius 2 is 1.79 bits per heavy atom. The number of fused-ring (bicyclic) bond motifs is 1. The van der Waals surface area contributed by atoms with Crippen LogP contribution in [0.2, 0.25) is 0 Å². The molecule has 0 amide bonds. The van der Waals surface area contributed by atoms with E-state index >= 15 is 0 Å². The highest BCUT2D eigenvalue weighted by molar-refractivity contribution is 5.94. The Kier molecular flexibility index (Phi) is 5.51. The highest BCUT2D eigenvalue weighted by Gasteiger charge is 2.17. The maximum absolute atomic E-state index is 9.75. The summed E-state index contributed by atoms with van der Waals surface area (Å²) in [5.74, 6) is 0.689. The van der Waals surface area contributed by atoms with Crippen molar-refractivity contribution >= 4 is 28.2 Å². The molecule has 0 saturated carbocycles. The molecule has 1 fully saturated rings. The maximum Gasteiger partial charge on any atom is 0.227 e. The van der Waals surface area contributed by atoms with Gasteiger partial charge in [0.05, 0.1) is 16.8 Å². The van der Waals surface area contributed by atoms with Gasteiger partial charge in [-0.05, 0) is 42.9 Å². The van der Waals surface area contributed by atoms with Gasteiger partial charge in [-0.2, -0.15) is 5.26 Å². The smallest absolute Gasteiger partial charge is 0.227 e. The minimum absolute atomic E-state index is 0.226. The second kappa shape index (κ2) is 8.77. The molecule has 0 spiro atoms. The number of aromatic nitrogens is 2. The highest BCUT2D eigenvalue weighted by Crippen LogP contribution is 2.30. The lowest BCUT2D eigenvalue weighted by Gasteiger charge is -2.34. The van der Waals surface area contributed by atoms with Crippen molar-refractivity contribution in [2.24, 2.45) is 0 Å². The number of benzene rings is 3. The summed E-state index contributed by atoms with van der Waals surface area (Å²) in [5.41, 5.74) is 5.11. The average molecular weight is 437 g/mol. The standard InChI is InChI=1S/C26H24N6O/c1-31-11-13-32(14-12-31)24-10-7-21(15-20(24)16-27)29-26-28-17-19-3-2-4-23(25(19)30-26)18-5-8-22(33)9-6-18/h2-10,15,17,33H,11-14H2,1H3,(H,28,29,30). The van der Waals surface area contributed by atoms with E-state index in [1.54, 1.807) is 18.3 Å². The molecule has 4 aromatic rings. The molecule has 1 aliphatic heterocycles. The second-order valence-corrected chi connectivity index (χ2v) is 8.24. The summed E-state index contributed by atoms with van der Waals surface area (Å²) in [5, 5.41) is 23.6. The lowest BCUT2D eigenvalue weighted by atomic mass is 10.0. The van der Waals surface area contributed by atoms with Gasteiger partial charge < -0.3 is 20.2 Å². The zero-order chi connectivity index (χ0) is 22.8.